The minimum atomic E-state index is -1.29. The molecule has 1 fully saturated rings. The van der Waals surface area contributed by atoms with Crippen LogP contribution in [-0.2, 0) is 9.53 Å². The van der Waals surface area contributed by atoms with E-state index in [1.54, 1.807) is 0 Å². The maximum atomic E-state index is 11.1. The number of aliphatic hydroxyl groups is 3. The average molecular weight is 324 g/mol. The van der Waals surface area contributed by atoms with Crippen molar-refractivity contribution in [3.8, 4) is 0 Å². The van der Waals surface area contributed by atoms with Crippen LogP contribution in [0.25, 0.3) is 11.2 Å². The highest BCUT2D eigenvalue weighted by Gasteiger charge is 2.44. The van der Waals surface area contributed by atoms with Gasteiger partial charge < -0.3 is 25.8 Å². The van der Waals surface area contributed by atoms with Crippen LogP contribution in [0.5, 0.6) is 0 Å². The molecule has 0 aromatic carbocycles. The third-order valence-corrected chi connectivity index (χ3v) is 3.53. The molecule has 11 nitrogen and oxygen atoms in total. The summed E-state index contributed by atoms with van der Waals surface area (Å²) in [5.41, 5.74) is 6.27. The molecule has 3 rings (SSSR count). The van der Waals surface area contributed by atoms with Crippen LogP contribution in [0.1, 0.15) is 13.2 Å². The van der Waals surface area contributed by atoms with Gasteiger partial charge in [-0.15, -0.1) is 0 Å². The van der Waals surface area contributed by atoms with E-state index in [2.05, 4.69) is 20.3 Å². The molecule has 1 saturated heterocycles. The number of imidazole rings is 1. The summed E-state index contributed by atoms with van der Waals surface area (Å²) in [4.78, 5) is 23.2. The summed E-state index contributed by atoms with van der Waals surface area (Å²) in [6, 6.07) is 0. The summed E-state index contributed by atoms with van der Waals surface area (Å²) in [5, 5.41) is 31.5. The fourth-order valence-electron chi connectivity index (χ4n) is 2.45. The van der Waals surface area contributed by atoms with E-state index in [1.165, 1.54) is 17.8 Å². The number of hydrogen-bond donors (Lipinski definition) is 5. The Morgan fingerprint density at radius 1 is 1.43 bits per heavy atom. The Morgan fingerprint density at radius 2 is 2.17 bits per heavy atom. The summed E-state index contributed by atoms with van der Waals surface area (Å²) >= 11 is 0. The van der Waals surface area contributed by atoms with Crippen molar-refractivity contribution in [2.75, 3.05) is 17.7 Å². The number of nitrogens with zero attached hydrogens (tertiary/aromatic N) is 4. The molecule has 0 saturated carbocycles. The van der Waals surface area contributed by atoms with Crippen LogP contribution in [0.4, 0.5) is 11.8 Å². The van der Waals surface area contributed by atoms with E-state index >= 15 is 0 Å². The maximum Gasteiger partial charge on any atom is 0.233 e. The molecule has 2 aromatic rings. The molecule has 0 radical (unpaired) electrons. The molecule has 124 valence electrons. The molecule has 23 heavy (non-hydrogen) atoms. The lowest BCUT2D eigenvalue weighted by molar-refractivity contribution is -0.114. The molecule has 4 atom stereocenters. The maximum absolute atomic E-state index is 11.1. The van der Waals surface area contributed by atoms with Gasteiger partial charge in [0.05, 0.1) is 12.9 Å². The van der Waals surface area contributed by atoms with Gasteiger partial charge in [-0.3, -0.25) is 14.7 Å². The largest absolute Gasteiger partial charge is 0.394 e. The van der Waals surface area contributed by atoms with Crippen LogP contribution >= 0.6 is 0 Å². The van der Waals surface area contributed by atoms with E-state index in [9.17, 15) is 15.0 Å². The van der Waals surface area contributed by atoms with Crippen molar-refractivity contribution in [3.05, 3.63) is 6.33 Å². The standard InChI is InChI=1S/C12H16N6O5/c1-4(20)15-12-16-9(13)6-10(17-12)18(3-14-6)11-8(22)7(21)5(2-19)23-11/h3,5,7-8,11,19,21-22H,2H2,1H3,(H3,13,15,16,17,20)/t5-,7-,8-,11-/m1/s1. The quantitative estimate of drug-likeness (QED) is 0.427. The van der Waals surface area contributed by atoms with E-state index < -0.39 is 31.1 Å². The predicted molar refractivity (Wildman–Crippen MR) is 77.0 cm³/mol. The van der Waals surface area contributed by atoms with Gasteiger partial charge in [-0.25, -0.2) is 4.98 Å². The highest BCUT2D eigenvalue weighted by Crippen LogP contribution is 2.32. The molecular formula is C12H16N6O5. The lowest BCUT2D eigenvalue weighted by atomic mass is 10.1. The van der Waals surface area contributed by atoms with E-state index in [1.807, 2.05) is 0 Å². The number of nitrogens with one attached hydrogen (secondary N) is 1. The minimum absolute atomic E-state index is 0.0176. The molecule has 0 aliphatic carbocycles. The molecule has 1 aliphatic heterocycles. The second kappa shape index (κ2) is 5.70. The Labute approximate surface area is 129 Å². The van der Waals surface area contributed by atoms with Crippen molar-refractivity contribution in [1.29, 1.82) is 0 Å². The van der Waals surface area contributed by atoms with Crippen LogP contribution in [0.15, 0.2) is 6.33 Å². The van der Waals surface area contributed by atoms with Gasteiger partial charge in [-0.05, 0) is 0 Å². The monoisotopic (exact) mass is 324 g/mol. The van der Waals surface area contributed by atoms with Gasteiger partial charge in [0.25, 0.3) is 0 Å². The molecule has 0 spiro atoms. The van der Waals surface area contributed by atoms with Gasteiger partial charge in [-0.1, -0.05) is 0 Å². The normalized spacial score (nSPS) is 27.5. The molecular weight excluding hydrogens is 308 g/mol. The van der Waals surface area contributed by atoms with Crippen molar-refractivity contribution in [2.45, 2.75) is 31.5 Å². The van der Waals surface area contributed by atoms with E-state index in [0.29, 0.717) is 0 Å². The van der Waals surface area contributed by atoms with Crippen LogP contribution in [0.2, 0.25) is 0 Å². The van der Waals surface area contributed by atoms with Gasteiger partial charge in [0.2, 0.25) is 11.9 Å². The van der Waals surface area contributed by atoms with Crippen LogP contribution in [0.3, 0.4) is 0 Å². The van der Waals surface area contributed by atoms with Crippen molar-refractivity contribution in [1.82, 2.24) is 19.5 Å². The first-order valence-corrected chi connectivity index (χ1v) is 6.82. The molecule has 2 aromatic heterocycles. The summed E-state index contributed by atoms with van der Waals surface area (Å²) in [5.74, 6) is -0.344. The number of amides is 1. The highest BCUT2D eigenvalue weighted by molar-refractivity contribution is 5.89. The number of carbonyl (C=O) groups is 1. The number of hydrogen-bond acceptors (Lipinski definition) is 9. The summed E-state index contributed by atoms with van der Waals surface area (Å²) in [6.45, 7) is 0.850. The summed E-state index contributed by atoms with van der Waals surface area (Å²) in [6.07, 6.45) is -3.15. The number of anilines is 2. The third kappa shape index (κ3) is 2.59. The van der Waals surface area contributed by atoms with Crippen molar-refractivity contribution in [3.63, 3.8) is 0 Å². The fourth-order valence-corrected chi connectivity index (χ4v) is 2.45. The summed E-state index contributed by atoms with van der Waals surface area (Å²) < 4.78 is 6.80. The molecule has 1 amide bonds. The second-order valence-corrected chi connectivity index (χ2v) is 5.17. The topological polar surface area (TPSA) is 169 Å². The van der Waals surface area contributed by atoms with Crippen molar-refractivity contribution < 1.29 is 24.9 Å². The van der Waals surface area contributed by atoms with Gasteiger partial charge >= 0.3 is 0 Å². The van der Waals surface area contributed by atoms with Crippen LogP contribution in [0, 0.1) is 0 Å². The Kier molecular flexibility index (Phi) is 3.85. The molecule has 0 unspecified atom stereocenters. The average Bonchev–Trinajstić information content (AvgIpc) is 3.01. The molecule has 0 bridgehead atoms. The minimum Gasteiger partial charge on any atom is -0.394 e. The Morgan fingerprint density at radius 3 is 2.78 bits per heavy atom. The van der Waals surface area contributed by atoms with Gasteiger partial charge in [0.1, 0.15) is 23.8 Å². The molecule has 6 N–H and O–H groups in total. The van der Waals surface area contributed by atoms with Crippen molar-refractivity contribution in [2.24, 2.45) is 0 Å². The number of aromatic nitrogens is 4. The lowest BCUT2D eigenvalue weighted by Crippen LogP contribution is -2.33. The number of fused-ring (bicyclic) bond motifs is 1. The Bertz CT molecular complexity index is 749. The van der Waals surface area contributed by atoms with Gasteiger partial charge in [0, 0.05) is 6.92 Å². The Hall–Kier alpha value is -2.34. The number of rotatable bonds is 3. The fraction of sp³-hybridized carbons (Fsp3) is 0.500. The van der Waals surface area contributed by atoms with Crippen LogP contribution < -0.4 is 11.1 Å². The molecule has 3 heterocycles. The first-order valence-electron chi connectivity index (χ1n) is 6.82. The zero-order valence-electron chi connectivity index (χ0n) is 12.1. The first kappa shape index (κ1) is 15.6. The molecule has 11 heteroatoms. The lowest BCUT2D eigenvalue weighted by Gasteiger charge is -2.16. The van der Waals surface area contributed by atoms with E-state index in [-0.39, 0.29) is 28.8 Å². The summed E-state index contributed by atoms with van der Waals surface area (Å²) in [7, 11) is 0. The SMILES string of the molecule is CC(=O)Nc1nc(N)c2ncn([C@@H]3O[C@H](CO)[C@@H](O)[C@H]3O)c2n1. The van der Waals surface area contributed by atoms with Crippen molar-refractivity contribution >= 4 is 28.8 Å². The smallest absolute Gasteiger partial charge is 0.233 e. The number of carbonyl (C=O) groups excluding carboxylic acids is 1. The number of aliphatic hydroxyl groups excluding tert-OH is 3. The Balaban J connectivity index is 2.05. The first-order chi connectivity index (χ1) is 10.9. The third-order valence-electron chi connectivity index (χ3n) is 3.53. The predicted octanol–water partition coefficient (Wildman–Crippen LogP) is -2.02. The van der Waals surface area contributed by atoms with Gasteiger partial charge in [-0.2, -0.15) is 9.97 Å². The zero-order chi connectivity index (χ0) is 16.7. The number of nitrogen functional groups attached to an aromatic ring is 1. The van der Waals surface area contributed by atoms with E-state index in [4.69, 9.17) is 15.6 Å². The second-order valence-electron chi connectivity index (χ2n) is 5.17. The van der Waals surface area contributed by atoms with Gasteiger partial charge in [0.15, 0.2) is 17.7 Å². The van der Waals surface area contributed by atoms with Crippen LogP contribution in [-0.4, -0.2) is 65.7 Å². The molecule has 1 aliphatic rings. The highest BCUT2D eigenvalue weighted by atomic mass is 16.6. The van der Waals surface area contributed by atoms with E-state index in [0.717, 1.165) is 0 Å². The number of ether oxygens (including phenoxy) is 1. The zero-order valence-corrected chi connectivity index (χ0v) is 12.1. The number of nitrogens with two attached hydrogens (primary N) is 1.